The Hall–Kier alpha value is -2.72. The highest BCUT2D eigenvalue weighted by Crippen LogP contribution is 2.21. The Morgan fingerprint density at radius 3 is 2.35 bits per heavy atom. The molecular weight excluding hydrogens is 422 g/mol. The Bertz CT molecular complexity index is 1170. The van der Waals surface area contributed by atoms with Crippen LogP contribution in [0.2, 0.25) is 0 Å². The highest BCUT2D eigenvalue weighted by atomic mass is 32.2. The van der Waals surface area contributed by atoms with Gasteiger partial charge in [0.2, 0.25) is 10.0 Å². The topological polar surface area (TPSA) is 126 Å². The third-order valence-electron chi connectivity index (χ3n) is 5.27. The fourth-order valence-electron chi connectivity index (χ4n) is 3.25. The van der Waals surface area contributed by atoms with Crippen molar-refractivity contribution in [2.24, 2.45) is 0 Å². The van der Waals surface area contributed by atoms with Crippen molar-refractivity contribution in [3.05, 3.63) is 40.2 Å². The van der Waals surface area contributed by atoms with Crippen LogP contribution in [0.5, 0.6) is 0 Å². The number of urea groups is 1. The largest absolute Gasteiger partial charge is 0.422 e. The summed E-state index contributed by atoms with van der Waals surface area (Å²) in [6.45, 7) is 7.05. The van der Waals surface area contributed by atoms with Crippen LogP contribution in [0.4, 0.5) is 10.5 Å². The van der Waals surface area contributed by atoms with Crippen molar-refractivity contribution >= 4 is 38.5 Å². The molecule has 1 saturated heterocycles. The number of likely N-dealkylation sites (tertiary alicyclic amines) is 1. The van der Waals surface area contributed by atoms with Crippen molar-refractivity contribution < 1.29 is 22.4 Å². The first kappa shape index (κ1) is 23.0. The summed E-state index contributed by atoms with van der Waals surface area (Å²) in [6, 6.07) is 5.74. The van der Waals surface area contributed by atoms with Gasteiger partial charge in [0.1, 0.15) is 11.1 Å². The van der Waals surface area contributed by atoms with Crippen LogP contribution < -0.4 is 15.7 Å². The van der Waals surface area contributed by atoms with Crippen LogP contribution in [0.25, 0.3) is 11.0 Å². The standard InChI is InChI=1S/C21H27N3O6S/c1-13(25)17-12-14-11-16(5-6-18(14)30-19(17)26)22-20(27)24-9-7-15(8-10-24)23-31(28,29)21(2,3)4/h5-6,11-12,15,23H,7-10H2,1-4H3,(H,22,27). The minimum absolute atomic E-state index is 0.0456. The minimum atomic E-state index is -3.44. The third kappa shape index (κ3) is 5.13. The summed E-state index contributed by atoms with van der Waals surface area (Å²) < 4.78 is 31.6. The number of ketones is 1. The van der Waals surface area contributed by atoms with Gasteiger partial charge in [-0.25, -0.2) is 22.7 Å². The number of nitrogens with zero attached hydrogens (tertiary/aromatic N) is 1. The van der Waals surface area contributed by atoms with E-state index < -0.39 is 26.2 Å². The van der Waals surface area contributed by atoms with Gasteiger partial charge < -0.3 is 14.6 Å². The Morgan fingerprint density at radius 2 is 1.77 bits per heavy atom. The molecule has 2 aromatic rings. The Balaban J connectivity index is 1.65. The predicted octanol–water partition coefficient (Wildman–Crippen LogP) is 2.71. The smallest absolute Gasteiger partial charge is 0.347 e. The normalized spacial score (nSPS) is 15.8. The molecule has 1 fully saturated rings. The molecule has 168 valence electrons. The van der Waals surface area contributed by atoms with E-state index >= 15 is 0 Å². The summed E-state index contributed by atoms with van der Waals surface area (Å²) in [5, 5.41) is 3.32. The number of carbonyl (C=O) groups excluding carboxylic acids is 2. The SMILES string of the molecule is CC(=O)c1cc2cc(NC(=O)N3CCC(NS(=O)(=O)C(C)(C)C)CC3)ccc2oc1=O. The maximum absolute atomic E-state index is 12.6. The molecule has 1 aromatic heterocycles. The van der Waals surface area contributed by atoms with Crippen LogP contribution in [-0.2, 0) is 10.0 Å². The second-order valence-electron chi connectivity index (χ2n) is 8.68. The Kier molecular flexibility index (Phi) is 6.24. The predicted molar refractivity (Wildman–Crippen MR) is 118 cm³/mol. The van der Waals surface area contributed by atoms with Crippen molar-refractivity contribution in [3.8, 4) is 0 Å². The van der Waals surface area contributed by atoms with Gasteiger partial charge >= 0.3 is 11.7 Å². The molecule has 1 aromatic carbocycles. The van der Waals surface area contributed by atoms with Gasteiger partial charge in [-0.15, -0.1) is 0 Å². The number of amides is 2. The van der Waals surface area contributed by atoms with Gasteiger partial charge in [-0.1, -0.05) is 0 Å². The number of carbonyl (C=O) groups is 2. The van der Waals surface area contributed by atoms with Crippen LogP contribution in [0, 0.1) is 0 Å². The monoisotopic (exact) mass is 449 g/mol. The van der Waals surface area contributed by atoms with E-state index in [0.29, 0.717) is 42.6 Å². The molecule has 0 bridgehead atoms. The molecule has 2 heterocycles. The summed E-state index contributed by atoms with van der Waals surface area (Å²) in [7, 11) is -3.44. The lowest BCUT2D eigenvalue weighted by atomic mass is 10.1. The quantitative estimate of drug-likeness (QED) is 0.546. The van der Waals surface area contributed by atoms with Gasteiger partial charge in [0.15, 0.2) is 5.78 Å². The number of piperidine rings is 1. The Labute approximate surface area is 180 Å². The molecule has 0 atom stereocenters. The molecule has 0 saturated carbocycles. The zero-order valence-corrected chi connectivity index (χ0v) is 18.8. The van der Waals surface area contributed by atoms with Crippen LogP contribution in [0.15, 0.2) is 33.5 Å². The number of fused-ring (bicyclic) bond motifs is 1. The van der Waals surface area contributed by atoms with Gasteiger partial charge in [-0.2, -0.15) is 0 Å². The zero-order chi connectivity index (χ0) is 23.0. The van der Waals surface area contributed by atoms with Crippen LogP contribution in [0.3, 0.4) is 0 Å². The molecule has 10 heteroatoms. The van der Waals surface area contributed by atoms with Crippen molar-refractivity contribution in [2.75, 3.05) is 18.4 Å². The molecule has 9 nitrogen and oxygen atoms in total. The number of hydrogen-bond donors (Lipinski definition) is 2. The molecule has 0 aliphatic carbocycles. The van der Waals surface area contributed by atoms with Crippen LogP contribution in [-0.4, -0.2) is 49.0 Å². The highest BCUT2D eigenvalue weighted by molar-refractivity contribution is 7.90. The lowest BCUT2D eigenvalue weighted by molar-refractivity contribution is 0.101. The molecule has 2 N–H and O–H groups in total. The number of nitrogens with one attached hydrogen (secondary N) is 2. The molecule has 1 aliphatic heterocycles. The molecule has 0 spiro atoms. The first-order valence-electron chi connectivity index (χ1n) is 10.0. The van der Waals surface area contributed by atoms with E-state index in [1.807, 2.05) is 0 Å². The molecule has 0 radical (unpaired) electrons. The van der Waals surface area contributed by atoms with Gasteiger partial charge in [-0.05, 0) is 64.8 Å². The average Bonchev–Trinajstić information content (AvgIpc) is 2.66. The maximum Gasteiger partial charge on any atom is 0.347 e. The van der Waals surface area contributed by atoms with Crippen LogP contribution in [0.1, 0.15) is 50.9 Å². The van der Waals surface area contributed by atoms with E-state index in [4.69, 9.17) is 4.42 Å². The number of Topliss-reactive ketones (excluding diaryl/α,β-unsaturated/α-hetero) is 1. The molecular formula is C21H27N3O6S. The lowest BCUT2D eigenvalue weighted by Gasteiger charge is -2.33. The number of sulfonamides is 1. The summed E-state index contributed by atoms with van der Waals surface area (Å²) in [6.07, 6.45) is 1.04. The van der Waals surface area contributed by atoms with E-state index in [2.05, 4.69) is 10.0 Å². The van der Waals surface area contributed by atoms with E-state index in [0.717, 1.165) is 0 Å². The summed E-state index contributed by atoms with van der Waals surface area (Å²) in [4.78, 5) is 37.6. The van der Waals surface area contributed by atoms with Crippen molar-refractivity contribution in [1.82, 2.24) is 9.62 Å². The third-order valence-corrected chi connectivity index (χ3v) is 7.53. The number of anilines is 1. The fourth-order valence-corrected chi connectivity index (χ4v) is 4.27. The molecule has 2 amide bonds. The first-order chi connectivity index (χ1) is 14.4. The molecule has 3 rings (SSSR count). The fraction of sp³-hybridized carbons (Fsp3) is 0.476. The number of rotatable bonds is 4. The van der Waals surface area contributed by atoms with Gasteiger partial charge in [-0.3, -0.25) is 4.79 Å². The van der Waals surface area contributed by atoms with E-state index in [-0.39, 0.29) is 17.6 Å². The second-order valence-corrected chi connectivity index (χ2v) is 11.1. The van der Waals surface area contributed by atoms with Gasteiger partial charge in [0.25, 0.3) is 0 Å². The second kappa shape index (κ2) is 8.43. The molecule has 31 heavy (non-hydrogen) atoms. The summed E-state index contributed by atoms with van der Waals surface area (Å²) >= 11 is 0. The van der Waals surface area contributed by atoms with Crippen molar-refractivity contribution in [2.45, 2.75) is 51.3 Å². The summed E-state index contributed by atoms with van der Waals surface area (Å²) in [5.74, 6) is -0.393. The maximum atomic E-state index is 12.6. The zero-order valence-electron chi connectivity index (χ0n) is 18.0. The van der Waals surface area contributed by atoms with Crippen LogP contribution >= 0.6 is 0 Å². The molecule has 1 aliphatic rings. The minimum Gasteiger partial charge on any atom is -0.422 e. The van der Waals surface area contributed by atoms with E-state index in [1.165, 1.54) is 13.0 Å². The van der Waals surface area contributed by atoms with Gasteiger partial charge in [0.05, 0.1) is 4.75 Å². The van der Waals surface area contributed by atoms with E-state index in [9.17, 15) is 22.8 Å². The number of hydrogen-bond acceptors (Lipinski definition) is 6. The van der Waals surface area contributed by atoms with Crippen molar-refractivity contribution in [1.29, 1.82) is 0 Å². The lowest BCUT2D eigenvalue weighted by Crippen LogP contribution is -2.50. The number of benzene rings is 1. The van der Waals surface area contributed by atoms with Crippen molar-refractivity contribution in [3.63, 3.8) is 0 Å². The van der Waals surface area contributed by atoms with Gasteiger partial charge in [0, 0.05) is 30.2 Å². The first-order valence-corrected chi connectivity index (χ1v) is 11.5. The average molecular weight is 450 g/mol. The van der Waals surface area contributed by atoms with E-state index in [1.54, 1.807) is 43.9 Å². The Morgan fingerprint density at radius 1 is 1.13 bits per heavy atom. The summed E-state index contributed by atoms with van der Waals surface area (Å²) in [5.41, 5.74) is 0.0776. The highest BCUT2D eigenvalue weighted by Gasteiger charge is 2.33. The molecule has 0 unspecified atom stereocenters.